The van der Waals surface area contributed by atoms with Crippen molar-refractivity contribution in [2.24, 2.45) is 0 Å². The third-order valence-corrected chi connectivity index (χ3v) is 4.84. The SMILES string of the molecule is CNC(C)(CC(C)Sc1n[nH]c(=O)n1C1CC1)C(=O)OC. The van der Waals surface area contributed by atoms with Crippen LogP contribution < -0.4 is 11.0 Å². The lowest BCUT2D eigenvalue weighted by Gasteiger charge is -2.28. The molecule has 0 saturated heterocycles. The summed E-state index contributed by atoms with van der Waals surface area (Å²) in [5, 5.41) is 10.4. The predicted molar refractivity (Wildman–Crippen MR) is 80.5 cm³/mol. The van der Waals surface area contributed by atoms with Crippen LogP contribution in [-0.4, -0.2) is 45.7 Å². The Morgan fingerprint density at radius 3 is 2.86 bits per heavy atom. The van der Waals surface area contributed by atoms with E-state index in [0.29, 0.717) is 11.6 Å². The molecule has 1 aromatic heterocycles. The molecule has 1 heterocycles. The van der Waals surface area contributed by atoms with E-state index in [2.05, 4.69) is 15.5 Å². The highest BCUT2D eigenvalue weighted by Crippen LogP contribution is 2.37. The number of carbonyl (C=O) groups is 1. The molecule has 21 heavy (non-hydrogen) atoms. The largest absolute Gasteiger partial charge is 0.468 e. The van der Waals surface area contributed by atoms with Crippen LogP contribution in [0.3, 0.4) is 0 Å². The first-order valence-corrected chi connectivity index (χ1v) is 7.90. The number of methoxy groups -OCH3 is 1. The lowest BCUT2D eigenvalue weighted by Crippen LogP contribution is -2.49. The van der Waals surface area contributed by atoms with Crippen LogP contribution in [0.5, 0.6) is 0 Å². The number of aromatic nitrogens is 3. The van der Waals surface area contributed by atoms with Gasteiger partial charge >= 0.3 is 11.7 Å². The number of carbonyl (C=O) groups excluding carboxylic acids is 1. The quantitative estimate of drug-likeness (QED) is 0.575. The summed E-state index contributed by atoms with van der Waals surface area (Å²) in [5.41, 5.74) is -0.904. The Kier molecular flexibility index (Phi) is 4.77. The first kappa shape index (κ1) is 16.1. The van der Waals surface area contributed by atoms with E-state index in [0.717, 1.165) is 12.8 Å². The second-order valence-corrected chi connectivity index (χ2v) is 7.02. The van der Waals surface area contributed by atoms with Crippen molar-refractivity contribution in [1.29, 1.82) is 0 Å². The smallest absolute Gasteiger partial charge is 0.344 e. The van der Waals surface area contributed by atoms with Crippen molar-refractivity contribution in [3.8, 4) is 0 Å². The summed E-state index contributed by atoms with van der Waals surface area (Å²) in [6.07, 6.45) is 2.63. The number of nitrogens with zero attached hydrogens (tertiary/aromatic N) is 2. The third-order valence-electron chi connectivity index (χ3n) is 3.77. The second-order valence-electron chi connectivity index (χ2n) is 5.62. The molecular formula is C13H22N4O3S. The van der Waals surface area contributed by atoms with Crippen molar-refractivity contribution in [2.75, 3.05) is 14.2 Å². The number of likely N-dealkylation sites (N-methyl/N-ethyl adjacent to an activating group) is 1. The molecule has 2 atom stereocenters. The van der Waals surface area contributed by atoms with E-state index in [1.807, 2.05) is 13.8 Å². The summed E-state index contributed by atoms with van der Waals surface area (Å²) in [5.74, 6) is -0.293. The molecule has 1 aliphatic rings. The van der Waals surface area contributed by atoms with E-state index in [4.69, 9.17) is 4.74 Å². The zero-order chi connectivity index (χ0) is 15.6. The monoisotopic (exact) mass is 314 g/mol. The van der Waals surface area contributed by atoms with Gasteiger partial charge in [-0.15, -0.1) is 5.10 Å². The highest BCUT2D eigenvalue weighted by molar-refractivity contribution is 7.99. The van der Waals surface area contributed by atoms with Gasteiger partial charge in [0.05, 0.1) is 7.11 Å². The van der Waals surface area contributed by atoms with Crippen LogP contribution in [0.4, 0.5) is 0 Å². The number of thioether (sulfide) groups is 1. The van der Waals surface area contributed by atoms with Crippen LogP contribution in [-0.2, 0) is 9.53 Å². The molecule has 1 aliphatic carbocycles. The van der Waals surface area contributed by atoms with Crippen LogP contribution in [0.2, 0.25) is 0 Å². The lowest BCUT2D eigenvalue weighted by molar-refractivity contribution is -0.147. The lowest BCUT2D eigenvalue weighted by atomic mass is 9.96. The minimum atomic E-state index is -0.748. The average molecular weight is 314 g/mol. The standard InChI is InChI=1S/C13H22N4O3S/c1-8(7-13(2,14-3)10(18)20-4)21-12-16-15-11(19)17(12)9-5-6-9/h8-9,14H,5-7H2,1-4H3,(H,15,19). The topological polar surface area (TPSA) is 89.0 Å². The van der Waals surface area contributed by atoms with Gasteiger partial charge in [0, 0.05) is 11.3 Å². The van der Waals surface area contributed by atoms with Gasteiger partial charge in [-0.25, -0.2) is 9.89 Å². The Labute approximate surface area is 127 Å². The highest BCUT2D eigenvalue weighted by Gasteiger charge is 2.35. The minimum Gasteiger partial charge on any atom is -0.468 e. The molecular weight excluding hydrogens is 292 g/mol. The van der Waals surface area contributed by atoms with E-state index in [1.165, 1.54) is 18.9 Å². The minimum absolute atomic E-state index is 0.106. The summed E-state index contributed by atoms with van der Waals surface area (Å²) in [7, 11) is 3.12. The number of rotatable bonds is 7. The molecule has 2 unspecified atom stereocenters. The zero-order valence-corrected chi connectivity index (χ0v) is 13.6. The Hall–Kier alpha value is -1.28. The van der Waals surface area contributed by atoms with Gasteiger partial charge < -0.3 is 10.1 Å². The maximum Gasteiger partial charge on any atom is 0.344 e. The molecule has 0 aromatic carbocycles. The molecule has 0 amide bonds. The Morgan fingerprint density at radius 1 is 1.67 bits per heavy atom. The Bertz CT molecular complexity index is 566. The number of ether oxygens (including phenoxy) is 1. The number of hydrogen-bond acceptors (Lipinski definition) is 6. The van der Waals surface area contributed by atoms with Gasteiger partial charge in [-0.1, -0.05) is 18.7 Å². The van der Waals surface area contributed by atoms with Crippen molar-refractivity contribution in [3.05, 3.63) is 10.5 Å². The van der Waals surface area contributed by atoms with Crippen molar-refractivity contribution in [2.45, 2.75) is 55.1 Å². The first-order valence-electron chi connectivity index (χ1n) is 7.02. The molecule has 0 radical (unpaired) electrons. The van der Waals surface area contributed by atoms with Crippen molar-refractivity contribution in [1.82, 2.24) is 20.1 Å². The summed E-state index contributed by atoms with van der Waals surface area (Å²) in [6.45, 7) is 3.83. The third kappa shape index (κ3) is 3.49. The Balaban J connectivity index is 2.06. The first-order chi connectivity index (χ1) is 9.91. The van der Waals surface area contributed by atoms with Crippen molar-refractivity contribution in [3.63, 3.8) is 0 Å². The fourth-order valence-electron chi connectivity index (χ4n) is 2.34. The number of hydrogen-bond donors (Lipinski definition) is 2. The van der Waals surface area contributed by atoms with Crippen molar-refractivity contribution < 1.29 is 9.53 Å². The van der Waals surface area contributed by atoms with E-state index >= 15 is 0 Å². The summed E-state index contributed by atoms with van der Waals surface area (Å²) < 4.78 is 6.56. The van der Waals surface area contributed by atoms with Gasteiger partial charge in [-0.2, -0.15) is 0 Å². The number of nitrogens with one attached hydrogen (secondary N) is 2. The number of esters is 1. The molecule has 0 spiro atoms. The zero-order valence-electron chi connectivity index (χ0n) is 12.8. The maximum atomic E-state index is 11.9. The van der Waals surface area contributed by atoms with E-state index in [1.54, 1.807) is 11.6 Å². The van der Waals surface area contributed by atoms with Crippen LogP contribution in [0.15, 0.2) is 9.95 Å². The number of H-pyrrole nitrogens is 1. The van der Waals surface area contributed by atoms with Gasteiger partial charge in [0.15, 0.2) is 5.16 Å². The molecule has 1 aromatic rings. The van der Waals surface area contributed by atoms with Gasteiger partial charge in [0.1, 0.15) is 5.54 Å². The molecule has 2 N–H and O–H groups in total. The summed E-state index contributed by atoms with van der Waals surface area (Å²) in [4.78, 5) is 23.6. The van der Waals surface area contributed by atoms with Crippen LogP contribution in [0.1, 0.15) is 39.2 Å². The second kappa shape index (κ2) is 6.23. The summed E-state index contributed by atoms with van der Waals surface area (Å²) in [6, 6.07) is 0.280. The molecule has 118 valence electrons. The molecule has 1 fully saturated rings. The van der Waals surface area contributed by atoms with E-state index in [-0.39, 0.29) is 23.0 Å². The fourth-order valence-corrected chi connectivity index (χ4v) is 3.56. The Morgan fingerprint density at radius 2 is 2.33 bits per heavy atom. The van der Waals surface area contributed by atoms with E-state index in [9.17, 15) is 9.59 Å². The molecule has 2 rings (SSSR count). The van der Waals surface area contributed by atoms with Crippen LogP contribution in [0.25, 0.3) is 0 Å². The molecule has 8 heteroatoms. The normalized spacial score (nSPS) is 19.0. The van der Waals surface area contributed by atoms with E-state index < -0.39 is 5.54 Å². The average Bonchev–Trinajstić information content (AvgIpc) is 3.22. The molecule has 1 saturated carbocycles. The van der Waals surface area contributed by atoms with Gasteiger partial charge in [-0.3, -0.25) is 9.36 Å². The van der Waals surface area contributed by atoms with Crippen LogP contribution >= 0.6 is 11.8 Å². The van der Waals surface area contributed by atoms with Crippen LogP contribution in [0, 0.1) is 0 Å². The van der Waals surface area contributed by atoms with Gasteiger partial charge in [-0.05, 0) is 33.2 Å². The van der Waals surface area contributed by atoms with Gasteiger partial charge in [0.25, 0.3) is 0 Å². The molecule has 7 nitrogen and oxygen atoms in total. The highest BCUT2D eigenvalue weighted by atomic mass is 32.2. The summed E-state index contributed by atoms with van der Waals surface area (Å²) >= 11 is 1.50. The molecule has 0 bridgehead atoms. The van der Waals surface area contributed by atoms with Gasteiger partial charge in [0.2, 0.25) is 0 Å². The predicted octanol–water partition coefficient (Wildman–Crippen LogP) is 0.928. The fraction of sp³-hybridized carbons (Fsp3) is 0.769. The molecule has 0 aliphatic heterocycles. The maximum absolute atomic E-state index is 11.9. The van der Waals surface area contributed by atoms with Crippen molar-refractivity contribution >= 4 is 17.7 Å². The number of aromatic amines is 1.